The van der Waals surface area contributed by atoms with Crippen LogP contribution >= 0.6 is 11.6 Å². The van der Waals surface area contributed by atoms with Crippen LogP contribution < -0.4 is 5.56 Å². The summed E-state index contributed by atoms with van der Waals surface area (Å²) in [6.45, 7) is 1.66. The van der Waals surface area contributed by atoms with Gasteiger partial charge in [0.15, 0.2) is 0 Å². The Hall–Kier alpha value is -0.970. The number of halogens is 4. The van der Waals surface area contributed by atoms with Gasteiger partial charge < -0.3 is 4.57 Å². The van der Waals surface area contributed by atoms with Crippen molar-refractivity contribution in [2.45, 2.75) is 19.6 Å². The average Bonchev–Trinajstić information content (AvgIpc) is 2.19. The molecule has 0 spiro atoms. The summed E-state index contributed by atoms with van der Waals surface area (Å²) in [6, 6.07) is 3.10. The Morgan fingerprint density at radius 1 is 1.44 bits per heavy atom. The van der Waals surface area contributed by atoms with Gasteiger partial charge in [0.05, 0.1) is 0 Å². The van der Waals surface area contributed by atoms with Crippen LogP contribution in [0.25, 0.3) is 0 Å². The minimum Gasteiger partial charge on any atom is -0.304 e. The van der Waals surface area contributed by atoms with Crippen LogP contribution in [0.2, 0.25) is 0 Å². The molecule has 0 N–H and O–H groups in total. The first kappa shape index (κ1) is 13.1. The van der Waals surface area contributed by atoms with Gasteiger partial charge in [0.1, 0.15) is 5.69 Å². The van der Waals surface area contributed by atoms with Gasteiger partial charge in [-0.25, -0.2) is 0 Å². The standard InChI is InChI=1S/C10H11ClF3NO/c1-7(5-11)6-15-8(10(12,13)14)3-2-4-9(15)16/h2-4,7H,5-6H2,1H3. The summed E-state index contributed by atoms with van der Waals surface area (Å²) in [6.07, 6.45) is -4.52. The molecule has 2 nitrogen and oxygen atoms in total. The molecule has 6 heteroatoms. The highest BCUT2D eigenvalue weighted by Gasteiger charge is 2.34. The third-order valence-corrected chi connectivity index (χ3v) is 2.62. The largest absolute Gasteiger partial charge is 0.431 e. The van der Waals surface area contributed by atoms with Crippen molar-refractivity contribution in [2.24, 2.45) is 5.92 Å². The van der Waals surface area contributed by atoms with E-state index in [1.807, 2.05) is 0 Å². The summed E-state index contributed by atoms with van der Waals surface area (Å²) in [4.78, 5) is 11.4. The summed E-state index contributed by atoms with van der Waals surface area (Å²) in [5, 5.41) is 0. The van der Waals surface area contributed by atoms with Crippen LogP contribution in [0.5, 0.6) is 0 Å². The molecule has 0 aliphatic rings. The summed E-state index contributed by atoms with van der Waals surface area (Å²) in [5.74, 6) is 0.0152. The van der Waals surface area contributed by atoms with E-state index in [-0.39, 0.29) is 18.3 Å². The molecule has 90 valence electrons. The minimum atomic E-state index is -4.52. The number of alkyl halides is 4. The van der Waals surface area contributed by atoms with Crippen molar-refractivity contribution in [3.8, 4) is 0 Å². The van der Waals surface area contributed by atoms with Gasteiger partial charge in [-0.3, -0.25) is 4.79 Å². The Kier molecular flexibility index (Phi) is 4.02. The molecule has 1 unspecified atom stereocenters. The molecule has 0 amide bonds. The number of rotatable bonds is 3. The molecule has 1 aromatic rings. The fraction of sp³-hybridized carbons (Fsp3) is 0.500. The molecule has 0 bridgehead atoms. The maximum Gasteiger partial charge on any atom is 0.431 e. The first-order chi connectivity index (χ1) is 7.36. The highest BCUT2D eigenvalue weighted by molar-refractivity contribution is 6.18. The molecule has 1 aromatic heterocycles. The first-order valence-corrected chi connectivity index (χ1v) is 5.22. The molecule has 16 heavy (non-hydrogen) atoms. The number of hydrogen-bond donors (Lipinski definition) is 0. The Labute approximate surface area is 95.6 Å². The molecule has 0 aromatic carbocycles. The Morgan fingerprint density at radius 2 is 2.06 bits per heavy atom. The molecule has 0 aliphatic carbocycles. The van der Waals surface area contributed by atoms with Gasteiger partial charge in [0.25, 0.3) is 5.56 Å². The monoisotopic (exact) mass is 253 g/mol. The van der Waals surface area contributed by atoms with Crippen molar-refractivity contribution < 1.29 is 13.2 Å². The zero-order valence-corrected chi connectivity index (χ0v) is 9.35. The second-order valence-corrected chi connectivity index (χ2v) is 3.93. The van der Waals surface area contributed by atoms with Crippen molar-refractivity contribution >= 4 is 11.6 Å². The van der Waals surface area contributed by atoms with Gasteiger partial charge >= 0.3 is 6.18 Å². The SMILES string of the molecule is CC(CCl)Cn1c(C(F)(F)F)cccc1=O. The van der Waals surface area contributed by atoms with Gasteiger partial charge in [-0.15, -0.1) is 11.6 Å². The van der Waals surface area contributed by atoms with Gasteiger partial charge in [0, 0.05) is 18.5 Å². The molecular formula is C10H11ClF3NO. The number of nitrogens with zero attached hydrogens (tertiary/aromatic N) is 1. The lowest BCUT2D eigenvalue weighted by atomic mass is 10.2. The molecule has 1 heterocycles. The van der Waals surface area contributed by atoms with E-state index in [4.69, 9.17) is 11.6 Å². The number of pyridine rings is 1. The maximum atomic E-state index is 12.6. The Bertz CT molecular complexity index is 413. The number of aromatic nitrogens is 1. The third kappa shape index (κ3) is 3.01. The zero-order chi connectivity index (χ0) is 12.3. The highest BCUT2D eigenvalue weighted by Crippen LogP contribution is 2.28. The van der Waals surface area contributed by atoms with Crippen LogP contribution in [0.1, 0.15) is 12.6 Å². The quantitative estimate of drug-likeness (QED) is 0.759. The molecule has 0 saturated carbocycles. The molecule has 1 rings (SSSR count). The predicted octanol–water partition coefficient (Wildman–Crippen LogP) is 2.74. The van der Waals surface area contributed by atoms with Crippen LogP contribution in [0.3, 0.4) is 0 Å². The molecule has 0 fully saturated rings. The fourth-order valence-electron chi connectivity index (χ4n) is 1.32. The van der Waals surface area contributed by atoms with Crippen LogP contribution in [0.4, 0.5) is 13.2 Å². The van der Waals surface area contributed by atoms with Crippen molar-refractivity contribution in [3.63, 3.8) is 0 Å². The summed E-state index contributed by atoms with van der Waals surface area (Å²) < 4.78 is 38.5. The van der Waals surface area contributed by atoms with Gasteiger partial charge in [-0.1, -0.05) is 13.0 Å². The Balaban J connectivity index is 3.20. The van der Waals surface area contributed by atoms with Crippen molar-refractivity contribution in [2.75, 3.05) is 5.88 Å². The first-order valence-electron chi connectivity index (χ1n) is 4.69. The fourth-order valence-corrected chi connectivity index (χ4v) is 1.41. The van der Waals surface area contributed by atoms with Crippen LogP contribution in [0, 0.1) is 5.92 Å². The molecule has 0 saturated heterocycles. The van der Waals surface area contributed by atoms with Crippen LogP contribution in [-0.4, -0.2) is 10.4 Å². The second-order valence-electron chi connectivity index (χ2n) is 3.62. The van der Waals surface area contributed by atoms with E-state index in [1.165, 1.54) is 0 Å². The molecular weight excluding hydrogens is 243 g/mol. The van der Waals surface area contributed by atoms with Crippen LogP contribution in [0.15, 0.2) is 23.0 Å². The molecule has 1 atom stereocenters. The minimum absolute atomic E-state index is 0.0297. The van der Waals surface area contributed by atoms with E-state index in [0.717, 1.165) is 18.2 Å². The smallest absolute Gasteiger partial charge is 0.304 e. The topological polar surface area (TPSA) is 22.0 Å². The maximum absolute atomic E-state index is 12.6. The van der Waals surface area contributed by atoms with E-state index in [1.54, 1.807) is 6.92 Å². The third-order valence-electron chi connectivity index (χ3n) is 2.10. The summed E-state index contributed by atoms with van der Waals surface area (Å²) in [5.41, 5.74) is -1.59. The molecule has 0 radical (unpaired) electrons. The van der Waals surface area contributed by atoms with E-state index in [9.17, 15) is 18.0 Å². The highest BCUT2D eigenvalue weighted by atomic mass is 35.5. The van der Waals surface area contributed by atoms with E-state index >= 15 is 0 Å². The van der Waals surface area contributed by atoms with Crippen LogP contribution in [-0.2, 0) is 12.7 Å². The normalized spacial score (nSPS) is 13.8. The second kappa shape index (κ2) is 4.91. The predicted molar refractivity (Wildman–Crippen MR) is 55.6 cm³/mol. The summed E-state index contributed by atoms with van der Waals surface area (Å²) >= 11 is 5.52. The van der Waals surface area contributed by atoms with Gasteiger partial charge in [-0.05, 0) is 12.0 Å². The van der Waals surface area contributed by atoms with Gasteiger partial charge in [0.2, 0.25) is 0 Å². The lowest BCUT2D eigenvalue weighted by Gasteiger charge is -2.17. The lowest BCUT2D eigenvalue weighted by molar-refractivity contribution is -0.144. The average molecular weight is 254 g/mol. The molecule has 0 aliphatic heterocycles. The number of hydrogen-bond acceptors (Lipinski definition) is 1. The Morgan fingerprint density at radius 3 is 2.56 bits per heavy atom. The van der Waals surface area contributed by atoms with Crippen molar-refractivity contribution in [1.82, 2.24) is 4.57 Å². The van der Waals surface area contributed by atoms with E-state index < -0.39 is 17.4 Å². The zero-order valence-electron chi connectivity index (χ0n) is 8.59. The van der Waals surface area contributed by atoms with Crippen molar-refractivity contribution in [1.29, 1.82) is 0 Å². The van der Waals surface area contributed by atoms with E-state index in [2.05, 4.69) is 0 Å². The lowest BCUT2D eigenvalue weighted by Crippen LogP contribution is -2.29. The van der Waals surface area contributed by atoms with Gasteiger partial charge in [-0.2, -0.15) is 13.2 Å². The summed E-state index contributed by atoms with van der Waals surface area (Å²) in [7, 11) is 0. The van der Waals surface area contributed by atoms with Crippen molar-refractivity contribution in [3.05, 3.63) is 34.2 Å². The van der Waals surface area contributed by atoms with E-state index in [0.29, 0.717) is 4.57 Å².